The first-order valence-electron chi connectivity index (χ1n) is 9.55. The largest absolute Gasteiger partial charge is 0.483 e. The van der Waals surface area contributed by atoms with E-state index in [0.29, 0.717) is 30.7 Å². The smallest absolute Gasteiger partial charge is 0.275 e. The molecular formula is C21H24N4O3. The van der Waals surface area contributed by atoms with Crippen LogP contribution in [0.3, 0.4) is 0 Å². The maximum atomic E-state index is 12.7. The summed E-state index contributed by atoms with van der Waals surface area (Å²) in [5.41, 5.74) is 0.332. The van der Waals surface area contributed by atoms with Crippen LogP contribution in [0.1, 0.15) is 30.2 Å². The average Bonchev–Trinajstić information content (AvgIpc) is 3.21. The van der Waals surface area contributed by atoms with Gasteiger partial charge in [0.1, 0.15) is 12.0 Å². The second kappa shape index (κ2) is 7.98. The number of hydrogen-bond acceptors (Lipinski definition) is 6. The summed E-state index contributed by atoms with van der Waals surface area (Å²) in [5.74, 6) is 1.03. The number of fused-ring (bicyclic) bond motifs is 1. The second-order valence-corrected chi connectivity index (χ2v) is 7.19. The van der Waals surface area contributed by atoms with Gasteiger partial charge < -0.3 is 14.1 Å². The lowest BCUT2D eigenvalue weighted by Gasteiger charge is -2.36. The van der Waals surface area contributed by atoms with E-state index >= 15 is 0 Å². The Morgan fingerprint density at radius 1 is 1.21 bits per heavy atom. The van der Waals surface area contributed by atoms with Gasteiger partial charge in [0, 0.05) is 55.4 Å². The van der Waals surface area contributed by atoms with Crippen molar-refractivity contribution in [2.24, 2.45) is 0 Å². The Morgan fingerprint density at radius 2 is 2.04 bits per heavy atom. The molecule has 2 aromatic heterocycles. The normalized spacial score (nSPS) is 15.3. The fourth-order valence-corrected chi connectivity index (χ4v) is 3.44. The fraction of sp³-hybridized carbons (Fsp3) is 0.381. The highest BCUT2D eigenvalue weighted by atomic mass is 16.5. The summed E-state index contributed by atoms with van der Waals surface area (Å²) in [5, 5.41) is 1.98. The van der Waals surface area contributed by atoms with Crippen molar-refractivity contribution in [3.05, 3.63) is 54.5 Å². The topological polar surface area (TPSA) is 71.7 Å². The predicted molar refractivity (Wildman–Crippen MR) is 105 cm³/mol. The fourth-order valence-electron chi connectivity index (χ4n) is 3.44. The Hall–Kier alpha value is -2.93. The van der Waals surface area contributed by atoms with Crippen molar-refractivity contribution in [2.75, 3.05) is 26.2 Å². The van der Waals surface area contributed by atoms with E-state index in [1.54, 1.807) is 12.4 Å². The molecule has 0 bridgehead atoms. The van der Waals surface area contributed by atoms with Crippen LogP contribution in [0.25, 0.3) is 10.8 Å². The summed E-state index contributed by atoms with van der Waals surface area (Å²) >= 11 is 0. The van der Waals surface area contributed by atoms with Gasteiger partial charge in [0.15, 0.2) is 12.3 Å². The van der Waals surface area contributed by atoms with Crippen molar-refractivity contribution in [2.45, 2.75) is 26.5 Å². The number of benzene rings is 1. The summed E-state index contributed by atoms with van der Waals surface area (Å²) in [6.45, 7) is 7.69. The number of amides is 1. The highest BCUT2D eigenvalue weighted by Gasteiger charge is 2.25. The molecule has 3 heterocycles. The van der Waals surface area contributed by atoms with Crippen molar-refractivity contribution in [1.82, 2.24) is 19.8 Å². The Kier molecular flexibility index (Phi) is 5.25. The van der Waals surface area contributed by atoms with Gasteiger partial charge in [0.05, 0.1) is 0 Å². The molecule has 0 unspecified atom stereocenters. The number of carbonyl (C=O) groups is 1. The number of pyridine rings is 1. The van der Waals surface area contributed by atoms with E-state index in [1.165, 1.54) is 6.26 Å². The van der Waals surface area contributed by atoms with E-state index in [1.807, 2.05) is 29.2 Å². The molecule has 1 amide bonds. The van der Waals surface area contributed by atoms with Gasteiger partial charge in [-0.05, 0) is 26.0 Å². The zero-order chi connectivity index (χ0) is 19.5. The number of piperazine rings is 1. The van der Waals surface area contributed by atoms with Gasteiger partial charge in [-0.15, -0.1) is 0 Å². The van der Waals surface area contributed by atoms with E-state index in [2.05, 4.69) is 28.7 Å². The summed E-state index contributed by atoms with van der Waals surface area (Å²) in [6.07, 6.45) is 4.95. The standard InChI is InChI=1S/C21H24N4O3/c1-15(2)24-8-10-25(11-9-24)21(26)18-13-28-20(23-18)14-27-19-5-3-4-16-12-22-7-6-17(16)19/h3-7,12-13,15H,8-11,14H2,1-2H3. The average molecular weight is 380 g/mol. The number of rotatable bonds is 5. The lowest BCUT2D eigenvalue weighted by atomic mass is 10.1. The first-order chi connectivity index (χ1) is 13.6. The van der Waals surface area contributed by atoms with E-state index in [4.69, 9.17) is 9.15 Å². The zero-order valence-corrected chi connectivity index (χ0v) is 16.2. The van der Waals surface area contributed by atoms with E-state index < -0.39 is 0 Å². The molecule has 3 aromatic rings. The third-order valence-electron chi connectivity index (χ3n) is 5.09. The number of ether oxygens (including phenoxy) is 1. The Bertz CT molecular complexity index is 956. The number of oxazole rings is 1. The third-order valence-corrected chi connectivity index (χ3v) is 5.09. The molecule has 4 rings (SSSR count). The van der Waals surface area contributed by atoms with Crippen LogP contribution < -0.4 is 4.74 Å². The Balaban J connectivity index is 1.39. The first kappa shape index (κ1) is 18.4. The molecule has 0 saturated carbocycles. The Labute approximate surface area is 163 Å². The number of nitrogens with zero attached hydrogens (tertiary/aromatic N) is 4. The zero-order valence-electron chi connectivity index (χ0n) is 16.2. The first-order valence-corrected chi connectivity index (χ1v) is 9.55. The van der Waals surface area contributed by atoms with Gasteiger partial charge in [0.2, 0.25) is 5.89 Å². The third kappa shape index (κ3) is 3.84. The predicted octanol–water partition coefficient (Wildman–Crippen LogP) is 2.97. The van der Waals surface area contributed by atoms with Crippen LogP contribution in [0.5, 0.6) is 5.75 Å². The Morgan fingerprint density at radius 3 is 2.82 bits per heavy atom. The SMILES string of the molecule is CC(C)N1CCN(C(=O)c2coc(COc3cccc4cnccc34)n2)CC1. The second-order valence-electron chi connectivity index (χ2n) is 7.19. The quantitative estimate of drug-likeness (QED) is 0.678. The van der Waals surface area contributed by atoms with E-state index in [-0.39, 0.29) is 12.5 Å². The molecule has 1 aliphatic rings. The van der Waals surface area contributed by atoms with Crippen molar-refractivity contribution < 1.29 is 13.9 Å². The summed E-state index contributed by atoms with van der Waals surface area (Å²) < 4.78 is 11.3. The molecule has 146 valence electrons. The number of carbonyl (C=O) groups excluding carboxylic acids is 1. The molecule has 7 heteroatoms. The van der Waals surface area contributed by atoms with Gasteiger partial charge in [-0.2, -0.15) is 0 Å². The molecule has 7 nitrogen and oxygen atoms in total. The maximum Gasteiger partial charge on any atom is 0.275 e. The van der Waals surface area contributed by atoms with Gasteiger partial charge in [-0.1, -0.05) is 12.1 Å². The van der Waals surface area contributed by atoms with E-state index in [9.17, 15) is 4.79 Å². The summed E-state index contributed by atoms with van der Waals surface area (Å²) in [7, 11) is 0. The van der Waals surface area contributed by atoms with Crippen molar-refractivity contribution >= 4 is 16.7 Å². The van der Waals surface area contributed by atoms with Crippen LogP contribution in [-0.2, 0) is 6.61 Å². The maximum absolute atomic E-state index is 12.7. The van der Waals surface area contributed by atoms with Crippen LogP contribution in [0.4, 0.5) is 0 Å². The molecule has 0 N–H and O–H groups in total. The molecule has 1 aromatic carbocycles. The molecule has 0 aliphatic carbocycles. The molecule has 0 spiro atoms. The molecule has 1 aliphatic heterocycles. The molecule has 1 saturated heterocycles. The molecule has 0 radical (unpaired) electrons. The van der Waals surface area contributed by atoms with Crippen molar-refractivity contribution in [1.29, 1.82) is 0 Å². The molecule has 1 fully saturated rings. The van der Waals surface area contributed by atoms with Gasteiger partial charge >= 0.3 is 0 Å². The molecular weight excluding hydrogens is 356 g/mol. The monoisotopic (exact) mass is 380 g/mol. The minimum atomic E-state index is -0.0883. The minimum absolute atomic E-state index is 0.0883. The number of hydrogen-bond donors (Lipinski definition) is 0. The van der Waals surface area contributed by atoms with Gasteiger partial charge in [0.25, 0.3) is 5.91 Å². The summed E-state index contributed by atoms with van der Waals surface area (Å²) in [6, 6.07) is 8.20. The van der Waals surface area contributed by atoms with Crippen LogP contribution in [0.15, 0.2) is 47.3 Å². The lowest BCUT2D eigenvalue weighted by molar-refractivity contribution is 0.0590. The van der Waals surface area contributed by atoms with Crippen LogP contribution >= 0.6 is 0 Å². The van der Waals surface area contributed by atoms with Crippen LogP contribution in [-0.4, -0.2) is 57.9 Å². The highest BCUT2D eigenvalue weighted by molar-refractivity contribution is 5.92. The minimum Gasteiger partial charge on any atom is -0.483 e. The molecule has 28 heavy (non-hydrogen) atoms. The van der Waals surface area contributed by atoms with Crippen molar-refractivity contribution in [3.63, 3.8) is 0 Å². The van der Waals surface area contributed by atoms with Gasteiger partial charge in [-0.25, -0.2) is 4.98 Å². The molecule has 0 atom stereocenters. The van der Waals surface area contributed by atoms with Crippen molar-refractivity contribution in [3.8, 4) is 5.75 Å². The van der Waals surface area contributed by atoms with Crippen LogP contribution in [0, 0.1) is 0 Å². The highest BCUT2D eigenvalue weighted by Crippen LogP contribution is 2.25. The van der Waals surface area contributed by atoms with Crippen LogP contribution in [0.2, 0.25) is 0 Å². The number of aromatic nitrogens is 2. The van der Waals surface area contributed by atoms with Gasteiger partial charge in [-0.3, -0.25) is 14.7 Å². The summed E-state index contributed by atoms with van der Waals surface area (Å²) in [4.78, 5) is 25.3. The van der Waals surface area contributed by atoms with E-state index in [0.717, 1.165) is 29.6 Å². The lowest BCUT2D eigenvalue weighted by Crippen LogP contribution is -2.50.